The van der Waals surface area contributed by atoms with E-state index in [9.17, 15) is 8.78 Å². The van der Waals surface area contributed by atoms with Gasteiger partial charge in [-0.25, -0.2) is 8.78 Å². The van der Waals surface area contributed by atoms with E-state index in [1.807, 2.05) is 30.3 Å². The van der Waals surface area contributed by atoms with Crippen LogP contribution in [0.4, 0.5) is 8.78 Å². The number of halogens is 2. The van der Waals surface area contributed by atoms with Gasteiger partial charge in [0.25, 0.3) is 0 Å². The van der Waals surface area contributed by atoms with Crippen molar-refractivity contribution >= 4 is 0 Å². The van der Waals surface area contributed by atoms with Crippen LogP contribution in [0, 0.1) is 11.6 Å². The van der Waals surface area contributed by atoms with Gasteiger partial charge in [0.1, 0.15) is 11.6 Å². The fourth-order valence-electron chi connectivity index (χ4n) is 1.77. The lowest BCUT2D eigenvalue weighted by Crippen LogP contribution is -2.15. The van der Waals surface area contributed by atoms with Gasteiger partial charge >= 0.3 is 0 Å². The summed E-state index contributed by atoms with van der Waals surface area (Å²) >= 11 is 0. The smallest absolute Gasteiger partial charge is 0.129 e. The monoisotopic (exact) mass is 233 g/mol. The number of benzene rings is 2. The summed E-state index contributed by atoms with van der Waals surface area (Å²) in [6.07, 6.45) is 0.155. The van der Waals surface area contributed by atoms with Crippen LogP contribution in [0.15, 0.2) is 48.5 Å². The highest BCUT2D eigenvalue weighted by molar-refractivity contribution is 5.25. The van der Waals surface area contributed by atoms with Crippen LogP contribution in [-0.2, 0) is 6.42 Å². The lowest BCUT2D eigenvalue weighted by Gasteiger charge is -2.13. The maximum atomic E-state index is 13.4. The summed E-state index contributed by atoms with van der Waals surface area (Å²) in [5.74, 6) is -1.09. The molecule has 0 saturated carbocycles. The van der Waals surface area contributed by atoms with E-state index in [1.54, 1.807) is 0 Å². The van der Waals surface area contributed by atoms with Gasteiger partial charge in [-0.15, -0.1) is 0 Å². The average Bonchev–Trinajstić information content (AvgIpc) is 2.35. The summed E-state index contributed by atoms with van der Waals surface area (Å²) in [6.45, 7) is 0. The topological polar surface area (TPSA) is 26.0 Å². The van der Waals surface area contributed by atoms with Crippen molar-refractivity contribution in [3.63, 3.8) is 0 Å². The average molecular weight is 233 g/mol. The van der Waals surface area contributed by atoms with Crippen LogP contribution < -0.4 is 5.73 Å². The molecule has 0 saturated heterocycles. The van der Waals surface area contributed by atoms with Crippen LogP contribution in [0.25, 0.3) is 0 Å². The Hall–Kier alpha value is -1.74. The molecule has 1 unspecified atom stereocenters. The van der Waals surface area contributed by atoms with Gasteiger partial charge in [-0.2, -0.15) is 0 Å². The zero-order valence-electron chi connectivity index (χ0n) is 9.24. The largest absolute Gasteiger partial charge is 0.324 e. The van der Waals surface area contributed by atoms with Crippen molar-refractivity contribution < 1.29 is 8.78 Å². The van der Waals surface area contributed by atoms with Gasteiger partial charge in [0.15, 0.2) is 0 Å². The van der Waals surface area contributed by atoms with Crippen LogP contribution in [0.1, 0.15) is 17.2 Å². The number of hydrogen-bond acceptors (Lipinski definition) is 1. The minimum Gasteiger partial charge on any atom is -0.324 e. The molecular formula is C14H13F2N. The van der Waals surface area contributed by atoms with Crippen LogP contribution in [0.5, 0.6) is 0 Å². The Balaban J connectivity index is 2.22. The lowest BCUT2D eigenvalue weighted by atomic mass is 9.99. The standard InChI is InChI=1S/C14H13F2N/c15-12-7-4-8-13(16)11(12)9-14(17)10-5-2-1-3-6-10/h1-8,14H,9,17H2. The van der Waals surface area contributed by atoms with Gasteiger partial charge in [0.05, 0.1) is 0 Å². The summed E-state index contributed by atoms with van der Waals surface area (Å²) in [7, 11) is 0. The molecule has 0 heterocycles. The molecule has 0 aromatic heterocycles. The second-order valence-corrected chi connectivity index (χ2v) is 3.92. The van der Waals surface area contributed by atoms with Crippen molar-refractivity contribution in [1.29, 1.82) is 0 Å². The molecule has 17 heavy (non-hydrogen) atoms. The van der Waals surface area contributed by atoms with Crippen LogP contribution >= 0.6 is 0 Å². The quantitative estimate of drug-likeness (QED) is 0.865. The van der Waals surface area contributed by atoms with Gasteiger partial charge < -0.3 is 5.73 Å². The number of hydrogen-bond donors (Lipinski definition) is 1. The first-order valence-corrected chi connectivity index (χ1v) is 5.42. The molecule has 0 aliphatic rings. The number of nitrogens with two attached hydrogens (primary N) is 1. The van der Waals surface area contributed by atoms with Crippen LogP contribution in [0.3, 0.4) is 0 Å². The van der Waals surface area contributed by atoms with Crippen molar-refractivity contribution in [2.75, 3.05) is 0 Å². The van der Waals surface area contributed by atoms with Crippen molar-refractivity contribution in [2.24, 2.45) is 5.73 Å². The van der Waals surface area contributed by atoms with E-state index in [0.717, 1.165) is 5.56 Å². The summed E-state index contributed by atoms with van der Waals surface area (Å²) in [5.41, 5.74) is 6.85. The summed E-state index contributed by atoms with van der Waals surface area (Å²) in [6, 6.07) is 12.7. The minimum atomic E-state index is -0.545. The summed E-state index contributed by atoms with van der Waals surface area (Å²) < 4.78 is 26.9. The molecule has 0 spiro atoms. The molecule has 0 amide bonds. The van der Waals surface area contributed by atoms with Crippen molar-refractivity contribution in [3.05, 3.63) is 71.3 Å². The van der Waals surface area contributed by atoms with Gasteiger partial charge in [-0.1, -0.05) is 36.4 Å². The van der Waals surface area contributed by atoms with Gasteiger partial charge in [-0.3, -0.25) is 0 Å². The Labute approximate surface area is 98.9 Å². The summed E-state index contributed by atoms with van der Waals surface area (Å²) in [5, 5.41) is 0. The molecule has 2 aromatic rings. The maximum Gasteiger partial charge on any atom is 0.129 e. The van der Waals surface area contributed by atoms with Gasteiger partial charge in [-0.05, 0) is 24.1 Å². The molecule has 0 aliphatic heterocycles. The molecule has 0 radical (unpaired) electrons. The van der Waals surface area contributed by atoms with E-state index in [1.165, 1.54) is 18.2 Å². The third-order valence-electron chi connectivity index (χ3n) is 2.71. The van der Waals surface area contributed by atoms with Gasteiger partial charge in [0, 0.05) is 11.6 Å². The van der Waals surface area contributed by atoms with E-state index in [4.69, 9.17) is 5.73 Å². The molecule has 88 valence electrons. The van der Waals surface area contributed by atoms with Crippen molar-refractivity contribution in [2.45, 2.75) is 12.5 Å². The van der Waals surface area contributed by atoms with E-state index < -0.39 is 17.7 Å². The van der Waals surface area contributed by atoms with E-state index >= 15 is 0 Å². The Morgan fingerprint density at radius 2 is 1.47 bits per heavy atom. The highest BCUT2D eigenvalue weighted by Gasteiger charge is 2.13. The predicted molar refractivity (Wildman–Crippen MR) is 63.4 cm³/mol. The second-order valence-electron chi connectivity index (χ2n) is 3.92. The highest BCUT2D eigenvalue weighted by Crippen LogP contribution is 2.20. The van der Waals surface area contributed by atoms with Crippen LogP contribution in [0.2, 0.25) is 0 Å². The molecule has 1 atom stereocenters. The zero-order chi connectivity index (χ0) is 12.3. The van der Waals surface area contributed by atoms with E-state index in [-0.39, 0.29) is 12.0 Å². The fourth-order valence-corrected chi connectivity index (χ4v) is 1.77. The Morgan fingerprint density at radius 1 is 0.882 bits per heavy atom. The first-order chi connectivity index (χ1) is 8.18. The molecular weight excluding hydrogens is 220 g/mol. The van der Waals surface area contributed by atoms with E-state index in [0.29, 0.717) is 0 Å². The molecule has 2 rings (SSSR count). The van der Waals surface area contributed by atoms with E-state index in [2.05, 4.69) is 0 Å². The zero-order valence-corrected chi connectivity index (χ0v) is 9.24. The second kappa shape index (κ2) is 5.06. The first-order valence-electron chi connectivity index (χ1n) is 5.42. The molecule has 0 aliphatic carbocycles. The van der Waals surface area contributed by atoms with Crippen molar-refractivity contribution in [1.82, 2.24) is 0 Å². The van der Waals surface area contributed by atoms with Crippen LogP contribution in [-0.4, -0.2) is 0 Å². The first kappa shape index (κ1) is 11.7. The molecule has 0 bridgehead atoms. The fraction of sp³-hybridized carbons (Fsp3) is 0.143. The molecule has 2 aromatic carbocycles. The predicted octanol–water partition coefficient (Wildman–Crippen LogP) is 3.21. The Bertz CT molecular complexity index is 477. The lowest BCUT2D eigenvalue weighted by molar-refractivity contribution is 0.540. The third-order valence-corrected chi connectivity index (χ3v) is 2.71. The Kier molecular flexibility index (Phi) is 3.49. The third kappa shape index (κ3) is 2.68. The highest BCUT2D eigenvalue weighted by atomic mass is 19.1. The van der Waals surface area contributed by atoms with Gasteiger partial charge in [0.2, 0.25) is 0 Å². The number of rotatable bonds is 3. The molecule has 0 fully saturated rings. The molecule has 1 nitrogen and oxygen atoms in total. The molecule has 3 heteroatoms. The normalized spacial score (nSPS) is 12.4. The van der Waals surface area contributed by atoms with Crippen molar-refractivity contribution in [3.8, 4) is 0 Å². The summed E-state index contributed by atoms with van der Waals surface area (Å²) in [4.78, 5) is 0. The minimum absolute atomic E-state index is 0.0452. The SMILES string of the molecule is NC(Cc1c(F)cccc1F)c1ccccc1. The molecule has 2 N–H and O–H groups in total. The maximum absolute atomic E-state index is 13.4. The Morgan fingerprint density at radius 3 is 2.06 bits per heavy atom.